The molecule has 0 saturated heterocycles. The molecule has 3 rings (SSSR count). The molecule has 0 aliphatic carbocycles. The lowest BCUT2D eigenvalue weighted by Crippen LogP contribution is -2.42. The van der Waals surface area contributed by atoms with Crippen LogP contribution in [0.25, 0.3) is 11.3 Å². The Morgan fingerprint density at radius 3 is 2.68 bits per heavy atom. The Labute approximate surface area is 181 Å². The van der Waals surface area contributed by atoms with Crippen LogP contribution in [-0.2, 0) is 16.1 Å². The number of aromatic nitrogens is 3. The number of amides is 1. The van der Waals surface area contributed by atoms with E-state index >= 15 is 0 Å². The highest BCUT2D eigenvalue weighted by Gasteiger charge is 2.25. The van der Waals surface area contributed by atoms with Gasteiger partial charge in [0.1, 0.15) is 17.3 Å². The van der Waals surface area contributed by atoms with E-state index in [1.54, 1.807) is 0 Å². The zero-order valence-electron chi connectivity index (χ0n) is 16.6. The summed E-state index contributed by atoms with van der Waals surface area (Å²) in [6, 6.07) is 2.30. The molecule has 1 aliphatic heterocycles. The molecule has 12 heteroatoms. The predicted molar refractivity (Wildman–Crippen MR) is 110 cm³/mol. The molecule has 1 aliphatic rings. The second-order valence-electron chi connectivity index (χ2n) is 6.75. The van der Waals surface area contributed by atoms with Crippen LogP contribution >= 0.6 is 12.2 Å². The third-order valence-electron chi connectivity index (χ3n) is 4.73. The molecule has 166 valence electrons. The van der Waals surface area contributed by atoms with Crippen molar-refractivity contribution < 1.29 is 28.5 Å². The van der Waals surface area contributed by atoms with Crippen molar-refractivity contribution in [3.63, 3.8) is 0 Å². The van der Waals surface area contributed by atoms with Crippen molar-refractivity contribution in [2.75, 3.05) is 26.8 Å². The number of methoxy groups -OCH3 is 1. The molecule has 3 N–H and O–H groups in total. The van der Waals surface area contributed by atoms with Crippen LogP contribution in [0.15, 0.2) is 24.4 Å². The Bertz CT molecular complexity index is 990. The maximum absolute atomic E-state index is 14.8. The average molecular weight is 453 g/mol. The average Bonchev–Trinajstić information content (AvgIpc) is 3.25. The first-order valence-corrected chi connectivity index (χ1v) is 9.74. The fraction of sp³-hybridized carbons (Fsp3) is 0.368. The molecule has 0 bridgehead atoms. The van der Waals surface area contributed by atoms with Crippen LogP contribution in [0, 0.1) is 11.6 Å². The molecule has 2 aromatic rings. The zero-order chi connectivity index (χ0) is 22.5. The fourth-order valence-electron chi connectivity index (χ4n) is 3.12. The Kier molecular flexibility index (Phi) is 7.25. The van der Waals surface area contributed by atoms with Crippen LogP contribution in [0.1, 0.15) is 17.7 Å². The van der Waals surface area contributed by atoms with Crippen LogP contribution < -0.4 is 5.32 Å². The molecule has 1 amide bonds. The Morgan fingerprint density at radius 2 is 2.10 bits per heavy atom. The summed E-state index contributed by atoms with van der Waals surface area (Å²) in [5, 5.41) is 29.1. The number of carbonyl (C=O) groups excluding carboxylic acids is 1. The Balaban J connectivity index is 1.76. The highest BCUT2D eigenvalue weighted by Crippen LogP contribution is 2.29. The third-order valence-corrected chi connectivity index (χ3v) is 5.04. The van der Waals surface area contributed by atoms with E-state index < -0.39 is 30.3 Å². The molecule has 0 saturated carbocycles. The van der Waals surface area contributed by atoms with Gasteiger partial charge in [-0.1, -0.05) is 11.3 Å². The van der Waals surface area contributed by atoms with Crippen molar-refractivity contribution in [3.05, 3.63) is 47.3 Å². The molecule has 31 heavy (non-hydrogen) atoms. The highest BCUT2D eigenvalue weighted by atomic mass is 32.1. The zero-order valence-corrected chi connectivity index (χ0v) is 17.4. The van der Waals surface area contributed by atoms with E-state index in [9.17, 15) is 18.7 Å². The van der Waals surface area contributed by atoms with Crippen molar-refractivity contribution in [1.82, 2.24) is 25.2 Å². The first kappa shape index (κ1) is 22.7. The molecule has 0 spiro atoms. The second-order valence-corrected chi connectivity index (χ2v) is 7.12. The van der Waals surface area contributed by atoms with Crippen LogP contribution in [0.4, 0.5) is 8.78 Å². The van der Waals surface area contributed by atoms with Gasteiger partial charge in [-0.25, -0.2) is 13.5 Å². The molecule has 1 aromatic heterocycles. The smallest absolute Gasteiger partial charge is 0.256 e. The summed E-state index contributed by atoms with van der Waals surface area (Å²) in [5.74, 6) is -2.17. The molecule has 1 aromatic carbocycles. The summed E-state index contributed by atoms with van der Waals surface area (Å²) in [5.41, 5.74) is 0.895. The molecule has 9 nitrogen and oxygen atoms in total. The quantitative estimate of drug-likeness (QED) is 0.544. The van der Waals surface area contributed by atoms with Gasteiger partial charge in [0.05, 0.1) is 32.1 Å². The normalized spacial score (nSPS) is 14.7. The van der Waals surface area contributed by atoms with Gasteiger partial charge < -0.3 is 25.2 Å². The summed E-state index contributed by atoms with van der Waals surface area (Å²) in [7, 11) is 1.43. The third kappa shape index (κ3) is 5.21. The monoisotopic (exact) mass is 453 g/mol. The van der Waals surface area contributed by atoms with Crippen LogP contribution in [0.3, 0.4) is 0 Å². The van der Waals surface area contributed by atoms with Crippen molar-refractivity contribution in [2.24, 2.45) is 0 Å². The summed E-state index contributed by atoms with van der Waals surface area (Å²) in [6.07, 6.45) is 1.74. The number of aliphatic hydroxyl groups excluding tert-OH is 2. The van der Waals surface area contributed by atoms with Gasteiger partial charge in [0.25, 0.3) is 11.1 Å². The largest absolute Gasteiger partial charge is 0.474 e. The van der Waals surface area contributed by atoms with Crippen LogP contribution in [0.5, 0.6) is 0 Å². The molecule has 1 atom stereocenters. The number of aliphatic hydroxyl groups is 2. The lowest BCUT2D eigenvalue weighted by atomic mass is 9.97. The number of nitrogens with one attached hydrogen (secondary N) is 1. The maximum atomic E-state index is 14.8. The van der Waals surface area contributed by atoms with Gasteiger partial charge in [-0.15, -0.1) is 5.10 Å². The minimum atomic E-state index is -1.50. The topological polar surface area (TPSA) is 113 Å². The Hall–Kier alpha value is -2.96. The van der Waals surface area contributed by atoms with Gasteiger partial charge in [0.15, 0.2) is 6.10 Å². The second kappa shape index (κ2) is 9.90. The number of nitrogens with zero attached hydrogens (tertiary/aromatic N) is 4. The minimum Gasteiger partial charge on any atom is -0.474 e. The lowest BCUT2D eigenvalue weighted by molar-refractivity contribution is -0.141. The predicted octanol–water partition coefficient (Wildman–Crippen LogP) is 0.535. The molecule has 2 heterocycles. The van der Waals surface area contributed by atoms with Gasteiger partial charge in [-0.2, -0.15) is 0 Å². The number of rotatable bonds is 6. The SMILES string of the molecule is COC(=S)NCc1cn(-c2cc(F)c(C3=CCN(C(=O)[C@@H](O)CO)CC3)c(F)c2)nn1. The van der Waals surface area contributed by atoms with E-state index in [0.29, 0.717) is 11.3 Å². The number of benzene rings is 1. The standard InChI is InChI=1S/C19H21F2N5O4S/c1-30-19(31)22-8-12-9-26(24-23-12)13-6-14(20)17(15(21)7-13)11-2-4-25(5-3-11)18(29)16(28)10-27/h2,6-7,9,16,27-28H,3-5,8,10H2,1H3,(H,22,31)/t16-/m0/s1. The summed E-state index contributed by atoms with van der Waals surface area (Å²) >= 11 is 4.87. The summed E-state index contributed by atoms with van der Waals surface area (Å²) in [4.78, 5) is 13.2. The molecular formula is C19H21F2N5O4S. The number of ether oxygens (including phenoxy) is 1. The van der Waals surface area contributed by atoms with Crippen molar-refractivity contribution in [3.8, 4) is 5.69 Å². The van der Waals surface area contributed by atoms with Gasteiger partial charge in [0, 0.05) is 30.8 Å². The van der Waals surface area contributed by atoms with Crippen LogP contribution in [-0.4, -0.2) is 74.1 Å². The van der Waals surface area contributed by atoms with Crippen LogP contribution in [0.2, 0.25) is 0 Å². The number of halogens is 2. The number of hydrogen-bond donors (Lipinski definition) is 3. The maximum Gasteiger partial charge on any atom is 0.256 e. The summed E-state index contributed by atoms with van der Waals surface area (Å²) in [6.45, 7) is -0.196. The first-order chi connectivity index (χ1) is 14.8. The summed E-state index contributed by atoms with van der Waals surface area (Å²) < 4.78 is 35.6. The van der Waals surface area contributed by atoms with E-state index in [1.807, 2.05) is 0 Å². The molecular weight excluding hydrogens is 432 g/mol. The first-order valence-electron chi connectivity index (χ1n) is 9.33. The number of hydrogen-bond acceptors (Lipinski definition) is 7. The van der Waals surface area contributed by atoms with Gasteiger partial charge in [0.2, 0.25) is 0 Å². The molecule has 0 radical (unpaired) electrons. The van der Waals surface area contributed by atoms with E-state index in [1.165, 1.54) is 29.0 Å². The van der Waals surface area contributed by atoms with E-state index in [4.69, 9.17) is 22.1 Å². The lowest BCUT2D eigenvalue weighted by Gasteiger charge is -2.28. The van der Waals surface area contributed by atoms with Gasteiger partial charge >= 0.3 is 0 Å². The Morgan fingerprint density at radius 1 is 1.39 bits per heavy atom. The number of carbonyl (C=O) groups is 1. The van der Waals surface area contributed by atoms with Gasteiger partial charge in [-0.05, 0) is 24.2 Å². The van der Waals surface area contributed by atoms with Crippen molar-refractivity contribution >= 4 is 28.9 Å². The molecule has 0 unspecified atom stereocenters. The van der Waals surface area contributed by atoms with Gasteiger partial charge in [-0.3, -0.25) is 4.79 Å². The van der Waals surface area contributed by atoms with E-state index in [0.717, 1.165) is 12.1 Å². The van der Waals surface area contributed by atoms with Crippen molar-refractivity contribution in [2.45, 2.75) is 19.1 Å². The van der Waals surface area contributed by atoms with E-state index in [2.05, 4.69) is 15.6 Å². The highest BCUT2D eigenvalue weighted by molar-refractivity contribution is 7.80. The van der Waals surface area contributed by atoms with E-state index in [-0.39, 0.29) is 42.5 Å². The van der Waals surface area contributed by atoms with Crippen molar-refractivity contribution in [1.29, 1.82) is 0 Å². The molecule has 0 fully saturated rings. The number of thiocarbonyl (C=S) groups is 1. The minimum absolute atomic E-state index is 0.0780. The fourth-order valence-corrected chi connectivity index (χ4v) is 3.20.